The lowest BCUT2D eigenvalue weighted by Crippen LogP contribution is -2.39. The molecule has 1 amide bonds. The van der Waals surface area contributed by atoms with Gasteiger partial charge in [-0.25, -0.2) is 0 Å². The van der Waals surface area contributed by atoms with E-state index in [1.807, 2.05) is 41.2 Å². The molecule has 22 heavy (non-hydrogen) atoms. The fourth-order valence-electron chi connectivity index (χ4n) is 2.57. The van der Waals surface area contributed by atoms with Gasteiger partial charge in [-0.2, -0.15) is 5.10 Å². The van der Waals surface area contributed by atoms with E-state index in [9.17, 15) is 9.90 Å². The summed E-state index contributed by atoms with van der Waals surface area (Å²) >= 11 is 0. The summed E-state index contributed by atoms with van der Waals surface area (Å²) in [7, 11) is 0. The number of nitrogens with one attached hydrogen (secondary N) is 2. The molecule has 116 valence electrons. The van der Waals surface area contributed by atoms with Crippen LogP contribution in [0.1, 0.15) is 17.5 Å². The summed E-state index contributed by atoms with van der Waals surface area (Å²) in [5.74, 6) is -0.0582. The highest BCUT2D eigenvalue weighted by Crippen LogP contribution is 2.08. The molecular formula is C16H20N4O2. The molecule has 0 radical (unpaired) electrons. The van der Waals surface area contributed by atoms with Gasteiger partial charge in [-0.3, -0.25) is 9.48 Å². The lowest BCUT2D eigenvalue weighted by molar-refractivity contribution is -0.123. The average Bonchev–Trinajstić information content (AvgIpc) is 3.18. The van der Waals surface area contributed by atoms with Crippen molar-refractivity contribution in [3.8, 4) is 0 Å². The van der Waals surface area contributed by atoms with Gasteiger partial charge in [0.05, 0.1) is 18.7 Å². The van der Waals surface area contributed by atoms with E-state index in [4.69, 9.17) is 0 Å². The van der Waals surface area contributed by atoms with Crippen LogP contribution in [0.5, 0.6) is 0 Å². The Bertz CT molecular complexity index is 610. The number of nitrogens with zero attached hydrogens (tertiary/aromatic N) is 2. The molecule has 1 fully saturated rings. The monoisotopic (exact) mass is 300 g/mol. The first-order valence-corrected chi connectivity index (χ1v) is 7.45. The standard InChI is InChI=1S/C16H20N4O2/c21-14-8-15(17-10-14)16(22)18-9-12-2-4-13(5-3-12)11-20-7-1-6-19-20/h1-7,14-15,17,21H,8-11H2,(H,18,22)/t14-,15+/m1/s1. The van der Waals surface area contributed by atoms with Gasteiger partial charge >= 0.3 is 0 Å². The zero-order valence-corrected chi connectivity index (χ0v) is 12.3. The van der Waals surface area contributed by atoms with Crippen molar-refractivity contribution in [2.75, 3.05) is 6.54 Å². The third-order valence-electron chi connectivity index (χ3n) is 3.82. The number of aliphatic hydroxyl groups is 1. The molecule has 3 rings (SSSR count). The summed E-state index contributed by atoms with van der Waals surface area (Å²) in [6.45, 7) is 1.72. The molecule has 1 aromatic heterocycles. The molecule has 2 aromatic rings. The number of β-amino-alcohol motifs (C(OH)–C–C–N with tert-alkyl or cyclic N) is 1. The molecule has 0 unspecified atom stereocenters. The molecule has 3 N–H and O–H groups in total. The number of hydrogen-bond acceptors (Lipinski definition) is 4. The first-order valence-electron chi connectivity index (χ1n) is 7.45. The van der Waals surface area contributed by atoms with Crippen LogP contribution in [0.4, 0.5) is 0 Å². The Hall–Kier alpha value is -2.18. The molecule has 1 aliphatic rings. The lowest BCUT2D eigenvalue weighted by Gasteiger charge is -2.11. The fraction of sp³-hybridized carbons (Fsp3) is 0.375. The maximum atomic E-state index is 11.9. The van der Waals surface area contributed by atoms with Crippen LogP contribution < -0.4 is 10.6 Å². The Labute approximate surface area is 129 Å². The maximum absolute atomic E-state index is 11.9. The number of aliphatic hydroxyl groups excluding tert-OH is 1. The topological polar surface area (TPSA) is 79.2 Å². The van der Waals surface area contributed by atoms with E-state index in [1.54, 1.807) is 6.20 Å². The van der Waals surface area contributed by atoms with Gasteiger partial charge in [-0.05, 0) is 23.6 Å². The van der Waals surface area contributed by atoms with Crippen LogP contribution in [0.3, 0.4) is 0 Å². The predicted octanol–water partition coefficient (Wildman–Crippen LogP) is 0.270. The van der Waals surface area contributed by atoms with Gasteiger partial charge in [-0.1, -0.05) is 24.3 Å². The molecule has 2 atom stereocenters. The molecule has 1 aromatic carbocycles. The molecule has 0 bridgehead atoms. The number of hydrogen-bond donors (Lipinski definition) is 3. The number of carbonyl (C=O) groups is 1. The molecule has 1 saturated heterocycles. The van der Waals surface area contributed by atoms with Gasteiger partial charge < -0.3 is 15.7 Å². The van der Waals surface area contributed by atoms with Crippen LogP contribution in [0.25, 0.3) is 0 Å². The fourth-order valence-corrected chi connectivity index (χ4v) is 2.57. The number of benzene rings is 1. The summed E-state index contributed by atoms with van der Waals surface area (Å²) in [4.78, 5) is 11.9. The van der Waals surface area contributed by atoms with E-state index >= 15 is 0 Å². The highest BCUT2D eigenvalue weighted by molar-refractivity contribution is 5.82. The molecule has 1 aliphatic heterocycles. The van der Waals surface area contributed by atoms with Crippen LogP contribution in [0.15, 0.2) is 42.7 Å². The maximum Gasteiger partial charge on any atom is 0.237 e. The Balaban J connectivity index is 1.49. The van der Waals surface area contributed by atoms with Gasteiger partial charge in [0.2, 0.25) is 5.91 Å². The molecule has 0 aliphatic carbocycles. The van der Waals surface area contributed by atoms with Gasteiger partial charge in [0, 0.05) is 25.5 Å². The SMILES string of the molecule is O=C(NCc1ccc(Cn2cccn2)cc1)[C@@H]1C[C@@H](O)CN1. The van der Waals surface area contributed by atoms with Crippen molar-refractivity contribution in [3.63, 3.8) is 0 Å². The third kappa shape index (κ3) is 3.72. The Morgan fingerprint density at radius 1 is 1.36 bits per heavy atom. The van der Waals surface area contributed by atoms with Crippen LogP contribution in [-0.2, 0) is 17.9 Å². The largest absolute Gasteiger partial charge is 0.392 e. The van der Waals surface area contributed by atoms with Gasteiger partial charge in [0.25, 0.3) is 0 Å². The smallest absolute Gasteiger partial charge is 0.237 e. The summed E-state index contributed by atoms with van der Waals surface area (Å²) in [5, 5.41) is 19.5. The van der Waals surface area contributed by atoms with Crippen molar-refractivity contribution >= 4 is 5.91 Å². The van der Waals surface area contributed by atoms with Gasteiger partial charge in [0.1, 0.15) is 0 Å². The second-order valence-electron chi connectivity index (χ2n) is 5.59. The summed E-state index contributed by atoms with van der Waals surface area (Å²) in [6, 6.07) is 9.72. The first-order chi connectivity index (χ1) is 10.7. The van der Waals surface area contributed by atoms with E-state index < -0.39 is 6.10 Å². The van der Waals surface area contributed by atoms with Crippen molar-refractivity contribution in [3.05, 3.63) is 53.9 Å². The molecule has 6 heteroatoms. The Morgan fingerprint density at radius 2 is 2.14 bits per heavy atom. The van der Waals surface area contributed by atoms with E-state index in [2.05, 4.69) is 15.7 Å². The van der Waals surface area contributed by atoms with Crippen molar-refractivity contribution < 1.29 is 9.90 Å². The zero-order valence-electron chi connectivity index (χ0n) is 12.3. The van der Waals surface area contributed by atoms with E-state index in [0.717, 1.165) is 12.1 Å². The average molecular weight is 300 g/mol. The molecule has 0 saturated carbocycles. The number of amides is 1. The number of rotatable bonds is 5. The second-order valence-corrected chi connectivity index (χ2v) is 5.59. The minimum absolute atomic E-state index is 0.0582. The highest BCUT2D eigenvalue weighted by Gasteiger charge is 2.27. The van der Waals surface area contributed by atoms with Crippen LogP contribution in [0.2, 0.25) is 0 Å². The number of carbonyl (C=O) groups excluding carboxylic acids is 1. The van der Waals surface area contributed by atoms with Gasteiger partial charge in [0.15, 0.2) is 0 Å². The second kappa shape index (κ2) is 6.72. The van der Waals surface area contributed by atoms with Crippen LogP contribution >= 0.6 is 0 Å². The Kier molecular flexibility index (Phi) is 4.50. The summed E-state index contributed by atoms with van der Waals surface area (Å²) < 4.78 is 1.87. The predicted molar refractivity (Wildman–Crippen MR) is 82.0 cm³/mol. The summed E-state index contributed by atoms with van der Waals surface area (Å²) in [6.07, 6.45) is 3.75. The molecule has 0 spiro atoms. The number of aromatic nitrogens is 2. The van der Waals surface area contributed by atoms with Crippen LogP contribution in [-0.4, -0.2) is 39.5 Å². The normalized spacial score (nSPS) is 21.0. The Morgan fingerprint density at radius 3 is 2.77 bits per heavy atom. The van der Waals surface area contributed by atoms with Crippen molar-refractivity contribution in [1.29, 1.82) is 0 Å². The first kappa shape index (κ1) is 14.7. The van der Waals surface area contributed by atoms with Gasteiger partial charge in [-0.15, -0.1) is 0 Å². The third-order valence-corrected chi connectivity index (χ3v) is 3.82. The van der Waals surface area contributed by atoms with E-state index in [1.165, 1.54) is 5.56 Å². The van der Waals surface area contributed by atoms with Crippen molar-refractivity contribution in [2.24, 2.45) is 0 Å². The van der Waals surface area contributed by atoms with Crippen LogP contribution in [0, 0.1) is 0 Å². The molecule has 6 nitrogen and oxygen atoms in total. The molecular weight excluding hydrogens is 280 g/mol. The quantitative estimate of drug-likeness (QED) is 0.740. The van der Waals surface area contributed by atoms with Crippen molar-refractivity contribution in [2.45, 2.75) is 31.7 Å². The summed E-state index contributed by atoms with van der Waals surface area (Å²) in [5.41, 5.74) is 2.22. The lowest BCUT2D eigenvalue weighted by atomic mass is 10.1. The molecule has 2 heterocycles. The minimum atomic E-state index is -0.419. The zero-order chi connectivity index (χ0) is 15.4. The highest BCUT2D eigenvalue weighted by atomic mass is 16.3. The van der Waals surface area contributed by atoms with E-state index in [0.29, 0.717) is 19.5 Å². The minimum Gasteiger partial charge on any atom is -0.392 e. The van der Waals surface area contributed by atoms with E-state index in [-0.39, 0.29) is 11.9 Å². The van der Waals surface area contributed by atoms with Crippen molar-refractivity contribution in [1.82, 2.24) is 20.4 Å².